The molecule has 3 aromatic rings. The molecule has 0 saturated carbocycles. The lowest BCUT2D eigenvalue weighted by Crippen LogP contribution is -2.24. The van der Waals surface area contributed by atoms with E-state index >= 15 is 0 Å². The molecule has 0 fully saturated rings. The van der Waals surface area contributed by atoms with E-state index in [2.05, 4.69) is 58.9 Å². The molecule has 0 atom stereocenters. The second-order valence-electron chi connectivity index (χ2n) is 8.42. The van der Waals surface area contributed by atoms with E-state index < -0.39 is 0 Å². The summed E-state index contributed by atoms with van der Waals surface area (Å²) in [6, 6.07) is 14.2. The van der Waals surface area contributed by atoms with E-state index in [1.54, 1.807) is 6.07 Å². The highest BCUT2D eigenvalue weighted by molar-refractivity contribution is 5.86. The number of aryl methyl sites for hydroxylation is 3. The van der Waals surface area contributed by atoms with Crippen molar-refractivity contribution in [3.8, 4) is 5.75 Å². The van der Waals surface area contributed by atoms with Crippen LogP contribution in [0.15, 0.2) is 47.3 Å². The van der Waals surface area contributed by atoms with Crippen LogP contribution in [0.1, 0.15) is 43.0 Å². The Labute approximate surface area is 161 Å². The number of nitrogens with zero attached hydrogens (tertiary/aromatic N) is 1. The number of ether oxygens (including phenoxy) is 1. The highest BCUT2D eigenvalue weighted by Gasteiger charge is 2.13. The van der Waals surface area contributed by atoms with Gasteiger partial charge in [-0.25, -0.2) is 0 Å². The number of hydrogen-bond acceptors (Lipinski definition) is 2. The number of pyridine rings is 1. The van der Waals surface area contributed by atoms with E-state index in [1.807, 2.05) is 23.6 Å². The van der Waals surface area contributed by atoms with Crippen molar-refractivity contribution < 1.29 is 4.74 Å². The predicted octanol–water partition coefficient (Wildman–Crippen LogP) is 5.30. The Hall–Kier alpha value is -2.55. The molecule has 3 heteroatoms. The summed E-state index contributed by atoms with van der Waals surface area (Å²) in [7, 11) is 0. The van der Waals surface area contributed by atoms with Gasteiger partial charge in [0.2, 0.25) is 0 Å². The molecule has 1 aromatic heterocycles. The van der Waals surface area contributed by atoms with Gasteiger partial charge in [0.25, 0.3) is 5.56 Å². The van der Waals surface area contributed by atoms with Gasteiger partial charge in [-0.3, -0.25) is 4.79 Å². The third-order valence-electron chi connectivity index (χ3n) is 5.05. The van der Waals surface area contributed by atoms with E-state index in [-0.39, 0.29) is 11.0 Å². The summed E-state index contributed by atoms with van der Waals surface area (Å²) in [5, 5.41) is 1.14. The molecule has 0 unspecified atom stereocenters. The largest absolute Gasteiger partial charge is 0.492 e. The van der Waals surface area contributed by atoms with Crippen LogP contribution in [-0.2, 0) is 12.0 Å². The van der Waals surface area contributed by atoms with Gasteiger partial charge in [-0.15, -0.1) is 0 Å². The minimum absolute atomic E-state index is 0.0265. The Kier molecular flexibility index (Phi) is 5.14. The molecule has 0 radical (unpaired) electrons. The van der Waals surface area contributed by atoms with Crippen LogP contribution in [0, 0.1) is 20.8 Å². The maximum atomic E-state index is 12.6. The first kappa shape index (κ1) is 19.2. The van der Waals surface area contributed by atoms with Crippen LogP contribution in [0.3, 0.4) is 0 Å². The normalized spacial score (nSPS) is 11.8. The van der Waals surface area contributed by atoms with Gasteiger partial charge in [-0.2, -0.15) is 0 Å². The summed E-state index contributed by atoms with van der Waals surface area (Å²) in [5.74, 6) is 0.833. The van der Waals surface area contributed by atoms with Gasteiger partial charge in [-0.05, 0) is 61.1 Å². The molecule has 0 spiro atoms. The quantitative estimate of drug-likeness (QED) is 0.629. The summed E-state index contributed by atoms with van der Waals surface area (Å²) in [4.78, 5) is 12.6. The lowest BCUT2D eigenvalue weighted by molar-refractivity contribution is 0.298. The zero-order valence-corrected chi connectivity index (χ0v) is 17.2. The third-order valence-corrected chi connectivity index (χ3v) is 5.05. The molecule has 1 heterocycles. The van der Waals surface area contributed by atoms with Crippen LogP contribution in [0.5, 0.6) is 5.75 Å². The monoisotopic (exact) mass is 363 g/mol. The van der Waals surface area contributed by atoms with Gasteiger partial charge < -0.3 is 9.30 Å². The third kappa shape index (κ3) is 4.08. The number of hydrogen-bond donors (Lipinski definition) is 0. The molecule has 142 valence electrons. The van der Waals surface area contributed by atoms with Crippen molar-refractivity contribution in [3.63, 3.8) is 0 Å². The van der Waals surface area contributed by atoms with Crippen molar-refractivity contribution in [1.29, 1.82) is 0 Å². The van der Waals surface area contributed by atoms with Gasteiger partial charge in [0, 0.05) is 11.5 Å². The summed E-state index contributed by atoms with van der Waals surface area (Å²) >= 11 is 0. The Bertz CT molecular complexity index is 1020. The van der Waals surface area contributed by atoms with Gasteiger partial charge in [-0.1, -0.05) is 44.5 Å². The van der Waals surface area contributed by atoms with Crippen LogP contribution in [0.2, 0.25) is 0 Å². The van der Waals surface area contributed by atoms with Crippen molar-refractivity contribution in [2.45, 2.75) is 53.5 Å². The molecule has 0 aliphatic heterocycles. The fourth-order valence-electron chi connectivity index (χ4n) is 3.60. The maximum Gasteiger partial charge on any atom is 0.251 e. The zero-order valence-electron chi connectivity index (χ0n) is 17.2. The summed E-state index contributed by atoms with van der Waals surface area (Å²) in [6.45, 7) is 13.7. The van der Waals surface area contributed by atoms with Crippen LogP contribution in [0.4, 0.5) is 0 Å². The highest BCUT2D eigenvalue weighted by Crippen LogP contribution is 2.25. The summed E-state index contributed by atoms with van der Waals surface area (Å²) < 4.78 is 7.75. The summed E-state index contributed by atoms with van der Waals surface area (Å²) in [6.07, 6.45) is 0. The average Bonchev–Trinajstić information content (AvgIpc) is 2.57. The second kappa shape index (κ2) is 7.22. The second-order valence-corrected chi connectivity index (χ2v) is 8.42. The number of rotatable bonds is 4. The van der Waals surface area contributed by atoms with Gasteiger partial charge in [0.1, 0.15) is 12.4 Å². The van der Waals surface area contributed by atoms with E-state index in [0.29, 0.717) is 13.2 Å². The topological polar surface area (TPSA) is 31.2 Å². The molecule has 3 rings (SSSR count). The molecular formula is C24H29NO2. The van der Waals surface area contributed by atoms with Crippen molar-refractivity contribution >= 4 is 10.9 Å². The lowest BCUT2D eigenvalue weighted by Gasteiger charge is -2.19. The van der Waals surface area contributed by atoms with E-state index in [9.17, 15) is 4.79 Å². The van der Waals surface area contributed by atoms with Gasteiger partial charge >= 0.3 is 0 Å². The smallest absolute Gasteiger partial charge is 0.251 e. The Morgan fingerprint density at radius 1 is 0.926 bits per heavy atom. The predicted molar refractivity (Wildman–Crippen MR) is 113 cm³/mol. The molecule has 0 saturated heterocycles. The lowest BCUT2D eigenvalue weighted by atomic mass is 9.87. The first-order valence-corrected chi connectivity index (χ1v) is 9.51. The van der Waals surface area contributed by atoms with Gasteiger partial charge in [0.15, 0.2) is 0 Å². The molecular weight excluding hydrogens is 334 g/mol. The van der Waals surface area contributed by atoms with Crippen molar-refractivity contribution in [2.75, 3.05) is 6.61 Å². The molecule has 0 N–H and O–H groups in total. The van der Waals surface area contributed by atoms with E-state index in [4.69, 9.17) is 4.74 Å². The Morgan fingerprint density at radius 2 is 1.59 bits per heavy atom. The zero-order chi connectivity index (χ0) is 19.8. The molecule has 2 aromatic carbocycles. The van der Waals surface area contributed by atoms with E-state index in [0.717, 1.165) is 27.8 Å². The fourth-order valence-corrected chi connectivity index (χ4v) is 3.60. The van der Waals surface area contributed by atoms with Crippen molar-refractivity contribution in [2.24, 2.45) is 0 Å². The number of fused-ring (bicyclic) bond motifs is 1. The molecule has 0 bridgehead atoms. The van der Waals surface area contributed by atoms with Crippen LogP contribution >= 0.6 is 0 Å². The minimum atomic E-state index is 0.0265. The Balaban J connectivity index is 1.82. The maximum absolute atomic E-state index is 12.6. The SMILES string of the molecule is Cc1cc(C)c2c(c1)c(C)cc(=O)n2CCOc1ccc(C(C)(C)C)cc1. The Morgan fingerprint density at radius 3 is 2.22 bits per heavy atom. The van der Waals surface area contributed by atoms with Gasteiger partial charge in [0.05, 0.1) is 12.1 Å². The first-order valence-electron chi connectivity index (χ1n) is 9.51. The van der Waals surface area contributed by atoms with Crippen LogP contribution < -0.4 is 10.3 Å². The minimum Gasteiger partial charge on any atom is -0.492 e. The molecule has 27 heavy (non-hydrogen) atoms. The molecule has 0 amide bonds. The number of aromatic nitrogens is 1. The highest BCUT2D eigenvalue weighted by atomic mass is 16.5. The molecule has 3 nitrogen and oxygen atoms in total. The molecule has 0 aliphatic rings. The molecule has 0 aliphatic carbocycles. The standard InChI is InChI=1S/C24H29NO2/c1-16-13-18(3)23-21(14-16)17(2)15-22(26)25(23)11-12-27-20-9-7-19(8-10-20)24(4,5)6/h7-10,13-15H,11-12H2,1-6H3. The van der Waals surface area contributed by atoms with Crippen molar-refractivity contribution in [3.05, 3.63) is 75.1 Å². The fraction of sp³-hybridized carbons (Fsp3) is 0.375. The number of benzene rings is 2. The van der Waals surface area contributed by atoms with Crippen LogP contribution in [0.25, 0.3) is 10.9 Å². The first-order chi connectivity index (χ1) is 12.7. The van der Waals surface area contributed by atoms with Crippen LogP contribution in [-0.4, -0.2) is 11.2 Å². The summed E-state index contributed by atoms with van der Waals surface area (Å²) in [5.41, 5.74) is 5.81. The average molecular weight is 364 g/mol. The van der Waals surface area contributed by atoms with Crippen molar-refractivity contribution in [1.82, 2.24) is 4.57 Å². The van der Waals surface area contributed by atoms with E-state index in [1.165, 1.54) is 11.1 Å².